The second kappa shape index (κ2) is 10.9. The average Bonchev–Trinajstić information content (AvgIpc) is 3.38. The fraction of sp³-hybridized carbons (Fsp3) is 0.536. The number of hydrogen-bond acceptors (Lipinski definition) is 3. The Bertz CT molecular complexity index is 1190. The predicted octanol–water partition coefficient (Wildman–Crippen LogP) is 7.88. The van der Waals surface area contributed by atoms with Crippen LogP contribution in [0.15, 0.2) is 54.2 Å². The third-order valence-electron chi connectivity index (χ3n) is 8.33. The minimum absolute atomic E-state index is 0.0581. The van der Waals surface area contributed by atoms with Gasteiger partial charge >= 0.3 is 24.5 Å². The molecule has 12 heteroatoms. The molecule has 0 bridgehead atoms. The molecule has 1 aromatic rings. The minimum atomic E-state index is -4.91. The highest BCUT2D eigenvalue weighted by Gasteiger charge is 2.50. The van der Waals surface area contributed by atoms with Gasteiger partial charge in [0.25, 0.3) is 0 Å². The quantitative estimate of drug-likeness (QED) is 0.201. The normalized spacial score (nSPS) is 25.6. The molecule has 1 saturated heterocycles. The summed E-state index contributed by atoms with van der Waals surface area (Å²) in [6.07, 6.45) is -6.02. The molecule has 3 nitrogen and oxygen atoms in total. The zero-order chi connectivity index (χ0) is 29.5. The van der Waals surface area contributed by atoms with Crippen molar-refractivity contribution in [3.8, 4) is 0 Å². The van der Waals surface area contributed by atoms with Crippen LogP contribution in [-0.2, 0) is 28.4 Å². The van der Waals surface area contributed by atoms with Crippen molar-refractivity contribution in [3.63, 3.8) is 0 Å². The molecular formula is C28H28F9NO2. The van der Waals surface area contributed by atoms with Crippen LogP contribution in [0.5, 0.6) is 0 Å². The third kappa shape index (κ3) is 6.11. The van der Waals surface area contributed by atoms with Crippen LogP contribution in [0.25, 0.3) is 0 Å². The van der Waals surface area contributed by atoms with Crippen LogP contribution in [0.4, 0.5) is 39.5 Å². The van der Waals surface area contributed by atoms with Crippen molar-refractivity contribution >= 4 is 5.97 Å². The molecule has 220 valence electrons. The fourth-order valence-corrected chi connectivity index (χ4v) is 6.26. The smallest absolute Gasteiger partial charge is 0.416 e. The Morgan fingerprint density at radius 3 is 2.20 bits per heavy atom. The average molecular weight is 582 g/mol. The maximum Gasteiger partial charge on any atom is 0.416 e. The summed E-state index contributed by atoms with van der Waals surface area (Å²) in [5.41, 5.74) is -4.74. The SMILES string of the molecule is COC(=O)C1(C2CCN(Cc3cc(C(F)(F)F)ccc3C(F)(F)F)C([C@@H]3C=CC(C(F)(F)F)=CC3)C2)CC=CC1. The number of esters is 1. The van der Waals surface area contributed by atoms with E-state index in [1.165, 1.54) is 13.2 Å². The number of methoxy groups -OCH3 is 1. The molecular weight excluding hydrogens is 553 g/mol. The van der Waals surface area contributed by atoms with Crippen molar-refractivity contribution in [2.24, 2.45) is 17.3 Å². The van der Waals surface area contributed by atoms with E-state index in [0.29, 0.717) is 37.5 Å². The van der Waals surface area contributed by atoms with Crippen molar-refractivity contribution in [2.75, 3.05) is 13.7 Å². The lowest BCUT2D eigenvalue weighted by Crippen LogP contribution is -2.51. The first kappa shape index (κ1) is 30.2. The zero-order valence-electron chi connectivity index (χ0n) is 21.5. The summed E-state index contributed by atoms with van der Waals surface area (Å²) in [6.45, 7) is -0.346. The summed E-state index contributed by atoms with van der Waals surface area (Å²) >= 11 is 0. The van der Waals surface area contributed by atoms with Crippen LogP contribution >= 0.6 is 0 Å². The van der Waals surface area contributed by atoms with E-state index >= 15 is 0 Å². The highest BCUT2D eigenvalue weighted by Crippen LogP contribution is 2.49. The first-order chi connectivity index (χ1) is 18.6. The van der Waals surface area contributed by atoms with Crippen LogP contribution in [0, 0.1) is 17.3 Å². The number of halogens is 9. The molecule has 1 aromatic carbocycles. The second-order valence-electron chi connectivity index (χ2n) is 10.6. The molecule has 1 aliphatic heterocycles. The minimum Gasteiger partial charge on any atom is -0.469 e. The number of benzene rings is 1. The molecule has 0 radical (unpaired) electrons. The largest absolute Gasteiger partial charge is 0.469 e. The van der Waals surface area contributed by atoms with Gasteiger partial charge in [-0.15, -0.1) is 0 Å². The van der Waals surface area contributed by atoms with Crippen molar-refractivity contribution < 1.29 is 49.0 Å². The zero-order valence-corrected chi connectivity index (χ0v) is 21.5. The Labute approximate surface area is 225 Å². The molecule has 4 rings (SSSR count). The van der Waals surface area contributed by atoms with Gasteiger partial charge in [-0.1, -0.05) is 30.4 Å². The summed E-state index contributed by atoms with van der Waals surface area (Å²) < 4.78 is 126. The second-order valence-corrected chi connectivity index (χ2v) is 10.6. The van der Waals surface area contributed by atoms with Crippen molar-refractivity contribution in [1.82, 2.24) is 4.90 Å². The number of alkyl halides is 9. The van der Waals surface area contributed by atoms with Gasteiger partial charge in [0.15, 0.2) is 0 Å². The number of nitrogens with zero attached hydrogens (tertiary/aromatic N) is 1. The molecule has 40 heavy (non-hydrogen) atoms. The van der Waals surface area contributed by atoms with Crippen LogP contribution < -0.4 is 0 Å². The lowest BCUT2D eigenvalue weighted by atomic mass is 9.66. The number of carbonyl (C=O) groups excluding carboxylic acids is 1. The molecule has 0 aromatic heterocycles. The van der Waals surface area contributed by atoms with Crippen molar-refractivity contribution in [1.29, 1.82) is 0 Å². The fourth-order valence-electron chi connectivity index (χ4n) is 6.26. The number of hydrogen-bond donors (Lipinski definition) is 0. The summed E-state index contributed by atoms with van der Waals surface area (Å²) in [4.78, 5) is 14.5. The van der Waals surface area contributed by atoms with E-state index in [4.69, 9.17) is 4.74 Å². The number of piperidine rings is 1. The molecule has 0 spiro atoms. The first-order valence-corrected chi connectivity index (χ1v) is 12.8. The Kier molecular flexibility index (Phi) is 8.23. The third-order valence-corrected chi connectivity index (χ3v) is 8.33. The van der Waals surface area contributed by atoms with Crippen LogP contribution in [0.2, 0.25) is 0 Å². The van der Waals surface area contributed by atoms with E-state index in [-0.39, 0.29) is 25.3 Å². The molecule has 2 unspecified atom stereocenters. The molecule has 3 atom stereocenters. The predicted molar refractivity (Wildman–Crippen MR) is 128 cm³/mol. The van der Waals surface area contributed by atoms with E-state index in [9.17, 15) is 44.3 Å². The van der Waals surface area contributed by atoms with E-state index < -0.39 is 70.7 Å². The number of likely N-dealkylation sites (tertiary alicyclic amines) is 1. The first-order valence-electron chi connectivity index (χ1n) is 12.8. The van der Waals surface area contributed by atoms with Gasteiger partial charge < -0.3 is 4.74 Å². The lowest BCUT2D eigenvalue weighted by Gasteiger charge is -2.47. The van der Waals surface area contributed by atoms with Gasteiger partial charge in [-0.3, -0.25) is 9.69 Å². The van der Waals surface area contributed by atoms with Gasteiger partial charge in [-0.25, -0.2) is 0 Å². The number of carbonyl (C=O) groups is 1. The van der Waals surface area contributed by atoms with Crippen molar-refractivity contribution in [3.05, 3.63) is 70.8 Å². The topological polar surface area (TPSA) is 29.5 Å². The summed E-state index contributed by atoms with van der Waals surface area (Å²) in [7, 11) is 1.26. The van der Waals surface area contributed by atoms with E-state index in [2.05, 4.69) is 0 Å². The Balaban J connectivity index is 1.69. The van der Waals surface area contributed by atoms with E-state index in [1.807, 2.05) is 12.2 Å². The highest BCUT2D eigenvalue weighted by atomic mass is 19.4. The Morgan fingerprint density at radius 1 is 1.00 bits per heavy atom. The Hall–Kier alpha value is -2.76. The molecule has 2 aliphatic carbocycles. The molecule has 3 aliphatic rings. The molecule has 0 amide bonds. The van der Waals surface area contributed by atoms with Gasteiger partial charge in [0.1, 0.15) is 0 Å². The van der Waals surface area contributed by atoms with Gasteiger partial charge in [-0.05, 0) is 74.2 Å². The monoisotopic (exact) mass is 581 g/mol. The molecule has 1 fully saturated rings. The highest BCUT2D eigenvalue weighted by molar-refractivity contribution is 5.78. The Morgan fingerprint density at radius 2 is 1.68 bits per heavy atom. The van der Waals surface area contributed by atoms with Crippen LogP contribution in [-0.4, -0.2) is 36.7 Å². The van der Waals surface area contributed by atoms with Gasteiger partial charge in [0.05, 0.1) is 29.2 Å². The van der Waals surface area contributed by atoms with E-state index in [0.717, 1.165) is 12.2 Å². The van der Waals surface area contributed by atoms with Gasteiger partial charge in [0.2, 0.25) is 0 Å². The standard InChI is InChI=1S/C28H28F9NO2/c1-40-24(39)25(11-2-3-12-25)20-10-13-38(23(15-20)17-4-6-19(7-5-17)26(29,30)31)16-18-14-21(27(32,33)34)8-9-22(18)28(35,36)37/h2-4,6-9,14,17,20,23H,5,10-13,15-16H2,1H3/t17-,20?,23?/m1/s1. The molecule has 1 heterocycles. The van der Waals surface area contributed by atoms with Crippen LogP contribution in [0.1, 0.15) is 48.8 Å². The van der Waals surface area contributed by atoms with Gasteiger partial charge in [-0.2, -0.15) is 39.5 Å². The number of ether oxygens (including phenoxy) is 1. The summed E-state index contributed by atoms with van der Waals surface area (Å²) in [5, 5.41) is 0. The summed E-state index contributed by atoms with van der Waals surface area (Å²) in [5.74, 6) is -1.29. The molecule has 0 N–H and O–H groups in total. The molecule has 0 saturated carbocycles. The summed E-state index contributed by atoms with van der Waals surface area (Å²) in [6, 6.07) is 0.659. The van der Waals surface area contributed by atoms with Crippen LogP contribution in [0.3, 0.4) is 0 Å². The van der Waals surface area contributed by atoms with E-state index in [1.54, 1.807) is 4.90 Å². The number of allylic oxidation sites excluding steroid dienone is 5. The lowest BCUT2D eigenvalue weighted by molar-refractivity contribution is -0.158. The van der Waals surface area contributed by atoms with Crippen molar-refractivity contribution in [2.45, 2.75) is 63.2 Å². The van der Waals surface area contributed by atoms with Gasteiger partial charge in [0, 0.05) is 12.6 Å². The maximum atomic E-state index is 13.8. The number of rotatable bonds is 5. The maximum absolute atomic E-state index is 13.8.